The number of hydrogen-bond donors (Lipinski definition) is 1. The number of pyridine rings is 1. The predicted molar refractivity (Wildman–Crippen MR) is 139 cm³/mol. The molecule has 0 saturated heterocycles. The van der Waals surface area contributed by atoms with Crippen LogP contribution in [0.25, 0.3) is 22.2 Å². The Hall–Kier alpha value is -3.95. The molecule has 2 aliphatic heterocycles. The number of carbonyl (C=O) groups excluding carboxylic acids is 1. The van der Waals surface area contributed by atoms with Gasteiger partial charge < -0.3 is 15.2 Å². The first-order valence-corrected chi connectivity index (χ1v) is 12.3. The zero-order chi connectivity index (χ0) is 27.3. The smallest absolute Gasteiger partial charge is 0.254 e. The van der Waals surface area contributed by atoms with Gasteiger partial charge >= 0.3 is 0 Å². The number of carbonyl (C=O) groups is 1. The standard InChI is InChI=1S/C30H27N5O/c1-4-18-6-5-7-21-27(18)24-15-25(34(3)29(21)36)28-33-22-10-8-19(14-23(22)35(24)28)20-9-11-26(32-16-20)30(31)13-12-17(30)2/h1,5-11,14,16-17,24-25H,12-13,15,31H2,2-3H3/t17-,24-,25-,30+/m1/s1/i3D3. The molecular weight excluding hydrogens is 446 g/mol. The Morgan fingerprint density at radius 3 is 2.75 bits per heavy atom. The number of aromatic nitrogens is 3. The summed E-state index contributed by atoms with van der Waals surface area (Å²) in [5.41, 5.74) is 12.3. The molecule has 4 atom stereocenters. The zero-order valence-electron chi connectivity index (χ0n) is 22.9. The number of benzene rings is 2. The van der Waals surface area contributed by atoms with Crippen molar-refractivity contribution < 1.29 is 8.91 Å². The molecule has 1 aliphatic carbocycles. The molecule has 2 aromatic carbocycles. The number of amides is 1. The minimum Gasteiger partial charge on any atom is -0.331 e. The Kier molecular flexibility index (Phi) is 3.71. The minimum absolute atomic E-state index is 0.318. The highest BCUT2D eigenvalue weighted by Gasteiger charge is 2.45. The fraction of sp³-hybridized carbons (Fsp3) is 0.300. The molecular formula is C30H27N5O. The molecule has 3 aliphatic rings. The van der Waals surface area contributed by atoms with Crippen molar-refractivity contribution in [3.05, 3.63) is 82.9 Å². The van der Waals surface area contributed by atoms with Gasteiger partial charge in [-0.05, 0) is 54.7 Å². The molecule has 4 heterocycles. The summed E-state index contributed by atoms with van der Waals surface area (Å²) in [4.78, 5) is 24.2. The van der Waals surface area contributed by atoms with Gasteiger partial charge in [-0.1, -0.05) is 31.0 Å². The van der Waals surface area contributed by atoms with Gasteiger partial charge in [0.25, 0.3) is 5.91 Å². The van der Waals surface area contributed by atoms with Crippen molar-refractivity contribution in [1.29, 1.82) is 0 Å². The van der Waals surface area contributed by atoms with Crippen molar-refractivity contribution in [2.75, 3.05) is 6.98 Å². The van der Waals surface area contributed by atoms with E-state index in [1.807, 2.05) is 24.4 Å². The summed E-state index contributed by atoms with van der Waals surface area (Å²) in [6.45, 7) is -0.472. The molecule has 0 unspecified atom stereocenters. The summed E-state index contributed by atoms with van der Waals surface area (Å²) >= 11 is 0. The number of terminal acetylenes is 1. The molecule has 7 rings (SSSR count). The first-order valence-electron chi connectivity index (χ1n) is 13.8. The average Bonchev–Trinajstić information content (AvgIpc) is 3.43. The molecule has 2 bridgehead atoms. The lowest BCUT2D eigenvalue weighted by atomic mass is 9.66. The van der Waals surface area contributed by atoms with Crippen LogP contribution in [-0.4, -0.2) is 32.3 Å². The van der Waals surface area contributed by atoms with Crippen molar-refractivity contribution in [2.45, 2.75) is 43.8 Å². The van der Waals surface area contributed by atoms with Crippen LogP contribution in [-0.2, 0) is 5.54 Å². The number of rotatable bonds is 2. The Balaban J connectivity index is 1.39. The zero-order valence-corrected chi connectivity index (χ0v) is 19.9. The molecule has 6 nitrogen and oxygen atoms in total. The molecule has 1 fully saturated rings. The maximum absolute atomic E-state index is 13.6. The first-order chi connectivity index (χ1) is 18.6. The van der Waals surface area contributed by atoms with Crippen LogP contribution in [0.2, 0.25) is 0 Å². The van der Waals surface area contributed by atoms with E-state index in [0.717, 1.165) is 45.6 Å². The first kappa shape index (κ1) is 18.3. The van der Waals surface area contributed by atoms with Gasteiger partial charge in [0.1, 0.15) is 5.82 Å². The van der Waals surface area contributed by atoms with E-state index >= 15 is 0 Å². The number of hydrogen-bond acceptors (Lipinski definition) is 4. The lowest BCUT2D eigenvalue weighted by Crippen LogP contribution is -2.51. The molecule has 4 aromatic rings. The van der Waals surface area contributed by atoms with Crippen LogP contribution >= 0.6 is 0 Å². The summed E-state index contributed by atoms with van der Waals surface area (Å²) < 4.78 is 26.7. The number of fused-ring (bicyclic) bond motifs is 9. The van der Waals surface area contributed by atoms with E-state index in [1.165, 1.54) is 0 Å². The summed E-state index contributed by atoms with van der Waals surface area (Å²) in [7, 11) is 0. The third-order valence-corrected chi connectivity index (χ3v) is 8.57. The fourth-order valence-electron chi connectivity index (χ4n) is 6.22. The summed E-state index contributed by atoms with van der Waals surface area (Å²) in [5.74, 6) is 3.14. The lowest BCUT2D eigenvalue weighted by molar-refractivity contribution is 0.0734. The van der Waals surface area contributed by atoms with Crippen molar-refractivity contribution in [3.8, 4) is 23.5 Å². The van der Waals surface area contributed by atoms with Crippen LogP contribution in [0.15, 0.2) is 54.7 Å². The van der Waals surface area contributed by atoms with Gasteiger partial charge in [-0.25, -0.2) is 4.98 Å². The van der Waals surface area contributed by atoms with E-state index in [0.29, 0.717) is 34.9 Å². The second kappa shape index (κ2) is 7.28. The molecule has 1 saturated carbocycles. The third-order valence-electron chi connectivity index (χ3n) is 8.57. The molecule has 36 heavy (non-hydrogen) atoms. The van der Waals surface area contributed by atoms with Gasteiger partial charge in [-0.15, -0.1) is 6.42 Å². The van der Waals surface area contributed by atoms with Crippen molar-refractivity contribution in [3.63, 3.8) is 0 Å². The van der Waals surface area contributed by atoms with Gasteiger partial charge in [-0.2, -0.15) is 0 Å². The van der Waals surface area contributed by atoms with Crippen LogP contribution in [0.3, 0.4) is 0 Å². The quantitative estimate of drug-likeness (QED) is 0.422. The molecule has 2 N–H and O–H groups in total. The fourth-order valence-corrected chi connectivity index (χ4v) is 6.22. The predicted octanol–water partition coefficient (Wildman–Crippen LogP) is 4.78. The Bertz CT molecular complexity index is 1720. The van der Waals surface area contributed by atoms with Crippen LogP contribution in [0.5, 0.6) is 0 Å². The van der Waals surface area contributed by atoms with Crippen LogP contribution in [0.1, 0.15) is 75.4 Å². The largest absolute Gasteiger partial charge is 0.331 e. The maximum atomic E-state index is 13.6. The second-order valence-electron chi connectivity index (χ2n) is 10.3. The Morgan fingerprint density at radius 2 is 2.06 bits per heavy atom. The lowest BCUT2D eigenvalue weighted by Gasteiger charge is -2.44. The molecule has 2 aromatic heterocycles. The number of nitrogens with zero attached hydrogens (tertiary/aromatic N) is 4. The monoisotopic (exact) mass is 476 g/mol. The highest BCUT2D eigenvalue weighted by Crippen LogP contribution is 2.48. The van der Waals surface area contributed by atoms with E-state index in [2.05, 4.69) is 29.5 Å². The van der Waals surface area contributed by atoms with E-state index in [-0.39, 0.29) is 11.6 Å². The molecule has 0 spiro atoms. The van der Waals surface area contributed by atoms with E-state index < -0.39 is 18.9 Å². The Labute approximate surface area is 214 Å². The number of nitrogens with two attached hydrogens (primary N) is 1. The highest BCUT2D eigenvalue weighted by atomic mass is 16.2. The van der Waals surface area contributed by atoms with E-state index in [1.54, 1.807) is 18.2 Å². The summed E-state index contributed by atoms with van der Waals surface area (Å²) in [6.07, 6.45) is 10.2. The SMILES string of the molecule is [2H]C([2H])([2H])N1C(=O)c2cccc(C#C)c2[C@H]2C[C@@H]1c1nc3ccc(-c4ccc([C@]5(N)CC[C@H]5C)nc4)cc3n12. The van der Waals surface area contributed by atoms with Crippen molar-refractivity contribution in [2.24, 2.45) is 11.7 Å². The van der Waals surface area contributed by atoms with Crippen LogP contribution in [0.4, 0.5) is 0 Å². The topological polar surface area (TPSA) is 77.0 Å². The third kappa shape index (κ3) is 2.69. The van der Waals surface area contributed by atoms with Crippen LogP contribution < -0.4 is 5.73 Å². The second-order valence-corrected chi connectivity index (χ2v) is 10.3. The van der Waals surface area contributed by atoms with Gasteiger partial charge in [0.15, 0.2) is 0 Å². The van der Waals surface area contributed by atoms with Gasteiger partial charge in [-0.3, -0.25) is 9.78 Å². The maximum Gasteiger partial charge on any atom is 0.254 e. The van der Waals surface area contributed by atoms with Crippen molar-refractivity contribution >= 4 is 16.9 Å². The van der Waals surface area contributed by atoms with E-state index in [4.69, 9.17) is 26.2 Å². The summed E-state index contributed by atoms with van der Waals surface area (Å²) in [5, 5.41) is 0. The molecule has 6 heteroatoms. The Morgan fingerprint density at radius 1 is 1.19 bits per heavy atom. The van der Waals surface area contributed by atoms with Crippen molar-refractivity contribution in [1.82, 2.24) is 19.4 Å². The van der Waals surface area contributed by atoms with Gasteiger partial charge in [0.2, 0.25) is 0 Å². The highest BCUT2D eigenvalue weighted by molar-refractivity contribution is 5.98. The van der Waals surface area contributed by atoms with Gasteiger partial charge in [0.05, 0.1) is 34.3 Å². The van der Waals surface area contributed by atoms with E-state index in [9.17, 15) is 4.79 Å². The minimum atomic E-state index is -2.63. The van der Waals surface area contributed by atoms with Crippen LogP contribution in [0, 0.1) is 18.3 Å². The molecule has 0 radical (unpaired) electrons. The van der Waals surface area contributed by atoms with Gasteiger partial charge in [0, 0.05) is 46.0 Å². The number of imidazole rings is 1. The summed E-state index contributed by atoms with van der Waals surface area (Å²) in [6, 6.07) is 14.2. The molecule has 178 valence electrons. The average molecular weight is 477 g/mol. The normalized spacial score (nSPS) is 27.8. The molecule has 1 amide bonds.